The van der Waals surface area contributed by atoms with E-state index in [1.165, 1.54) is 0 Å². The van der Waals surface area contributed by atoms with Crippen LogP contribution in [0.4, 0.5) is 5.82 Å². The van der Waals surface area contributed by atoms with Crippen molar-refractivity contribution in [3.05, 3.63) is 41.1 Å². The summed E-state index contributed by atoms with van der Waals surface area (Å²) in [6.07, 6.45) is 4.45. The number of hydrogen-bond acceptors (Lipinski definition) is 7. The number of carbonyl (C=O) groups is 1. The maximum atomic E-state index is 12.8. The topological polar surface area (TPSA) is 106 Å². The van der Waals surface area contributed by atoms with Gasteiger partial charge < -0.3 is 19.0 Å². The van der Waals surface area contributed by atoms with Crippen molar-refractivity contribution in [1.29, 1.82) is 5.26 Å². The number of amides is 1. The molecule has 9 heteroatoms. The number of nitrogens with one attached hydrogen (secondary N) is 1. The minimum absolute atomic E-state index is 0.0897. The Morgan fingerprint density at radius 2 is 2.06 bits per heavy atom. The predicted molar refractivity (Wildman–Crippen MR) is 122 cm³/mol. The number of nitrogens with zero attached hydrogens (tertiary/aromatic N) is 4. The van der Waals surface area contributed by atoms with Gasteiger partial charge in [0.1, 0.15) is 17.6 Å². The van der Waals surface area contributed by atoms with Gasteiger partial charge in [0.25, 0.3) is 11.1 Å². The van der Waals surface area contributed by atoms with E-state index in [-0.39, 0.29) is 11.7 Å². The lowest BCUT2D eigenvalue weighted by atomic mass is 10.2. The lowest BCUT2D eigenvalue weighted by Gasteiger charge is -2.19. The van der Waals surface area contributed by atoms with E-state index in [2.05, 4.69) is 26.2 Å². The molecule has 0 aliphatic heterocycles. The third-order valence-corrected chi connectivity index (χ3v) is 6.71. The third-order valence-electron chi connectivity index (χ3n) is 5.89. The van der Waals surface area contributed by atoms with Crippen molar-refractivity contribution < 1.29 is 13.9 Å². The second-order valence-electron chi connectivity index (χ2n) is 7.76. The average Bonchev–Trinajstić information content (AvgIpc) is 3.54. The summed E-state index contributed by atoms with van der Waals surface area (Å²) in [6, 6.07) is 9.95. The number of hydrogen-bond donors (Lipinski definition) is 1. The summed E-state index contributed by atoms with van der Waals surface area (Å²) in [5, 5.41) is 21.1. The van der Waals surface area contributed by atoms with Gasteiger partial charge in [-0.15, -0.1) is 10.2 Å². The van der Waals surface area contributed by atoms with Gasteiger partial charge in [-0.1, -0.05) is 36.7 Å². The molecule has 0 bridgehead atoms. The van der Waals surface area contributed by atoms with Gasteiger partial charge in [-0.3, -0.25) is 4.79 Å². The van der Waals surface area contributed by atoms with Gasteiger partial charge >= 0.3 is 0 Å². The van der Waals surface area contributed by atoms with Crippen molar-refractivity contribution in [3.8, 4) is 23.3 Å². The van der Waals surface area contributed by atoms with Gasteiger partial charge in [0.2, 0.25) is 5.91 Å². The minimum atomic E-state index is -0.222. The molecule has 0 atom stereocenters. The van der Waals surface area contributed by atoms with Crippen LogP contribution in [0.5, 0.6) is 5.75 Å². The summed E-state index contributed by atoms with van der Waals surface area (Å²) in [6.45, 7) is 3.94. The maximum Gasteiger partial charge on any atom is 0.277 e. The van der Waals surface area contributed by atoms with Crippen LogP contribution in [0.1, 0.15) is 48.5 Å². The molecule has 0 saturated heterocycles. The molecule has 8 nitrogen and oxygen atoms in total. The second kappa shape index (κ2) is 9.49. The average molecular weight is 452 g/mol. The van der Waals surface area contributed by atoms with Crippen LogP contribution in [0, 0.1) is 25.2 Å². The van der Waals surface area contributed by atoms with E-state index in [4.69, 9.17) is 9.15 Å². The summed E-state index contributed by atoms with van der Waals surface area (Å²) < 4.78 is 13.2. The largest absolute Gasteiger partial charge is 0.496 e. The summed E-state index contributed by atoms with van der Waals surface area (Å²) >= 11 is 1.15. The van der Waals surface area contributed by atoms with Crippen molar-refractivity contribution in [2.75, 3.05) is 18.2 Å². The van der Waals surface area contributed by atoms with Crippen molar-refractivity contribution in [2.45, 2.75) is 50.8 Å². The summed E-state index contributed by atoms with van der Waals surface area (Å²) in [4.78, 5) is 12.8. The third kappa shape index (κ3) is 4.23. The summed E-state index contributed by atoms with van der Waals surface area (Å²) in [7, 11) is 1.58. The second-order valence-corrected chi connectivity index (χ2v) is 8.69. The SMILES string of the molecule is COc1ccccc1-c1nnc(SCC(=O)Nc2c(C#N)c(C)c(C)n2C2CCCC2)o1. The van der Waals surface area contributed by atoms with E-state index in [1.807, 2.05) is 38.1 Å². The number of benzene rings is 1. The van der Waals surface area contributed by atoms with Gasteiger partial charge in [0.05, 0.1) is 24.0 Å². The first-order valence-electron chi connectivity index (χ1n) is 10.5. The first-order chi connectivity index (χ1) is 15.5. The van der Waals surface area contributed by atoms with Crippen LogP contribution in [0.3, 0.4) is 0 Å². The van der Waals surface area contributed by atoms with E-state index in [0.717, 1.165) is 48.7 Å². The van der Waals surface area contributed by atoms with Crippen LogP contribution in [-0.2, 0) is 4.79 Å². The Morgan fingerprint density at radius 1 is 1.31 bits per heavy atom. The molecular formula is C23H25N5O3S. The molecule has 1 aliphatic rings. The number of thioether (sulfide) groups is 1. The molecule has 0 spiro atoms. The fourth-order valence-corrected chi connectivity index (χ4v) is 4.76. The number of rotatable bonds is 7. The standard InChI is InChI=1S/C23H25N5O3S/c1-14-15(2)28(16-8-4-5-9-16)21(18(14)12-24)25-20(29)13-32-23-27-26-22(31-23)17-10-6-7-11-19(17)30-3/h6-7,10-11,16H,4-5,8-9,13H2,1-3H3,(H,25,29). The number of ether oxygens (including phenoxy) is 1. The molecule has 1 fully saturated rings. The van der Waals surface area contributed by atoms with E-state index in [9.17, 15) is 10.1 Å². The van der Waals surface area contributed by atoms with Crippen LogP contribution in [0.15, 0.2) is 33.9 Å². The molecule has 2 aromatic heterocycles. The zero-order chi connectivity index (χ0) is 22.7. The van der Waals surface area contributed by atoms with Gasteiger partial charge in [-0.25, -0.2) is 0 Å². The van der Waals surface area contributed by atoms with E-state index in [0.29, 0.717) is 39.8 Å². The van der Waals surface area contributed by atoms with E-state index >= 15 is 0 Å². The number of anilines is 1. The molecule has 32 heavy (non-hydrogen) atoms. The van der Waals surface area contributed by atoms with Crippen molar-refractivity contribution in [1.82, 2.24) is 14.8 Å². The molecule has 166 valence electrons. The van der Waals surface area contributed by atoms with Crippen molar-refractivity contribution in [2.24, 2.45) is 0 Å². The first-order valence-corrected chi connectivity index (χ1v) is 11.5. The van der Waals surface area contributed by atoms with Crippen LogP contribution in [0.2, 0.25) is 0 Å². The minimum Gasteiger partial charge on any atom is -0.496 e. The Labute approximate surface area is 191 Å². The number of carbonyl (C=O) groups excluding carboxylic acids is 1. The molecule has 1 amide bonds. The maximum absolute atomic E-state index is 12.8. The van der Waals surface area contributed by atoms with Crippen LogP contribution < -0.4 is 10.1 Å². The predicted octanol–water partition coefficient (Wildman–Crippen LogP) is 4.88. The number of methoxy groups -OCH3 is 1. The molecular weight excluding hydrogens is 426 g/mol. The Hall–Kier alpha value is -3.25. The van der Waals surface area contributed by atoms with E-state index < -0.39 is 0 Å². The lowest BCUT2D eigenvalue weighted by molar-refractivity contribution is -0.113. The van der Waals surface area contributed by atoms with Gasteiger partial charge in [0, 0.05) is 11.7 Å². The summed E-state index contributed by atoms with van der Waals surface area (Å²) in [5.41, 5.74) is 3.18. The molecule has 0 radical (unpaired) electrons. The number of para-hydroxylation sites is 1. The summed E-state index contributed by atoms with van der Waals surface area (Å²) in [5.74, 6) is 1.43. The van der Waals surface area contributed by atoms with Crippen LogP contribution >= 0.6 is 11.8 Å². The monoisotopic (exact) mass is 451 g/mol. The Kier molecular flexibility index (Phi) is 6.51. The van der Waals surface area contributed by atoms with Gasteiger partial charge in [0.15, 0.2) is 0 Å². The Bertz CT molecular complexity index is 1170. The van der Waals surface area contributed by atoms with Crippen molar-refractivity contribution in [3.63, 3.8) is 0 Å². The molecule has 1 saturated carbocycles. The van der Waals surface area contributed by atoms with Crippen molar-refractivity contribution >= 4 is 23.5 Å². The fraction of sp³-hybridized carbons (Fsp3) is 0.391. The number of aromatic nitrogens is 3. The first kappa shape index (κ1) is 22.0. The molecule has 4 rings (SSSR count). The van der Waals surface area contributed by atoms with E-state index in [1.54, 1.807) is 7.11 Å². The Morgan fingerprint density at radius 3 is 2.78 bits per heavy atom. The van der Waals surface area contributed by atoms with Crippen LogP contribution in [0.25, 0.3) is 11.5 Å². The molecule has 1 aliphatic carbocycles. The highest BCUT2D eigenvalue weighted by atomic mass is 32.2. The highest BCUT2D eigenvalue weighted by Crippen LogP contribution is 2.38. The number of nitriles is 1. The zero-order valence-corrected chi connectivity index (χ0v) is 19.2. The quantitative estimate of drug-likeness (QED) is 0.510. The highest BCUT2D eigenvalue weighted by Gasteiger charge is 2.27. The smallest absolute Gasteiger partial charge is 0.277 e. The molecule has 0 unspecified atom stereocenters. The highest BCUT2D eigenvalue weighted by molar-refractivity contribution is 7.99. The normalized spacial score (nSPS) is 13.8. The molecule has 1 aromatic carbocycles. The van der Waals surface area contributed by atoms with Gasteiger partial charge in [-0.05, 0) is 44.4 Å². The zero-order valence-electron chi connectivity index (χ0n) is 18.3. The molecule has 3 aromatic rings. The van der Waals surface area contributed by atoms with Gasteiger partial charge in [-0.2, -0.15) is 5.26 Å². The van der Waals surface area contributed by atoms with Crippen LogP contribution in [-0.4, -0.2) is 33.5 Å². The fourth-order valence-electron chi connectivity index (χ4n) is 4.20. The molecule has 1 N–H and O–H groups in total. The lowest BCUT2D eigenvalue weighted by Crippen LogP contribution is -2.19. The molecule has 2 heterocycles. The Balaban J connectivity index is 1.47.